The molecule has 0 radical (unpaired) electrons. The Labute approximate surface area is 180 Å². The van der Waals surface area contributed by atoms with Gasteiger partial charge in [0, 0.05) is 29.9 Å². The van der Waals surface area contributed by atoms with E-state index in [-0.39, 0.29) is 0 Å². The first kappa shape index (κ1) is 20.8. The lowest BCUT2D eigenvalue weighted by molar-refractivity contribution is 0.235. The van der Waals surface area contributed by atoms with Crippen LogP contribution in [0.1, 0.15) is 37.7 Å². The fraction of sp³-hybridized carbons (Fsp3) is 0.542. The largest absolute Gasteiger partial charge is 0.489 e. The van der Waals surface area contributed by atoms with E-state index in [0.29, 0.717) is 35.7 Å². The second-order valence-corrected chi connectivity index (χ2v) is 8.92. The first-order valence-electron chi connectivity index (χ1n) is 11.2. The molecule has 3 heterocycles. The summed E-state index contributed by atoms with van der Waals surface area (Å²) in [6.45, 7) is 3.94. The van der Waals surface area contributed by atoms with Gasteiger partial charge in [-0.05, 0) is 82.4 Å². The summed E-state index contributed by atoms with van der Waals surface area (Å²) in [5.41, 5.74) is 15.6. The van der Waals surface area contributed by atoms with Crippen molar-refractivity contribution in [3.63, 3.8) is 0 Å². The van der Waals surface area contributed by atoms with Crippen molar-refractivity contribution in [2.75, 3.05) is 39.0 Å². The molecule has 0 amide bonds. The molecule has 2 aliphatic heterocycles. The summed E-state index contributed by atoms with van der Waals surface area (Å²) in [5, 5.41) is 3.20. The van der Waals surface area contributed by atoms with Crippen LogP contribution in [0.3, 0.4) is 0 Å². The zero-order valence-corrected chi connectivity index (χ0v) is 18.0. The van der Waals surface area contributed by atoms with E-state index in [4.69, 9.17) is 16.2 Å². The van der Waals surface area contributed by atoms with Crippen molar-refractivity contribution in [2.45, 2.75) is 32.1 Å². The number of hydrogen-bond donors (Lipinski definition) is 3. The molecule has 3 aliphatic rings. The van der Waals surface area contributed by atoms with Crippen molar-refractivity contribution in [2.24, 2.45) is 23.5 Å². The third-order valence-corrected chi connectivity index (χ3v) is 6.51. The molecule has 1 unspecified atom stereocenters. The van der Waals surface area contributed by atoms with Crippen LogP contribution in [0.5, 0.6) is 5.75 Å². The van der Waals surface area contributed by atoms with Crippen LogP contribution in [0.2, 0.25) is 0 Å². The van der Waals surface area contributed by atoms with E-state index in [2.05, 4.69) is 40.5 Å². The molecule has 1 saturated carbocycles. The second kappa shape index (κ2) is 9.56. The fourth-order valence-electron chi connectivity index (χ4n) is 4.36. The maximum absolute atomic E-state index is 6.43. The van der Waals surface area contributed by atoms with Gasteiger partial charge in [0.2, 0.25) is 0 Å². The number of anilines is 1. The van der Waals surface area contributed by atoms with Gasteiger partial charge in [0.05, 0.1) is 6.61 Å². The van der Waals surface area contributed by atoms with Gasteiger partial charge < -0.3 is 26.4 Å². The Balaban J connectivity index is 1.45. The fourth-order valence-corrected chi connectivity index (χ4v) is 4.36. The standard InChI is InChI=1S/C24H35N5O/c1-29-12-8-19(9-13-29)21(18-2-3-18)4-5-22(25)20-14-23(24(26)28-15-20)30-16-17-6-10-27-11-7-17/h4-6,10,14-15,17-19,27H,2-3,7-9,11-13,16,25H2,1H3,(H2,26,28)/b21-4+,22-5-. The molecule has 30 heavy (non-hydrogen) atoms. The van der Waals surface area contributed by atoms with Crippen LogP contribution in [-0.2, 0) is 0 Å². The molecule has 1 saturated heterocycles. The van der Waals surface area contributed by atoms with E-state index in [9.17, 15) is 0 Å². The van der Waals surface area contributed by atoms with Crippen molar-refractivity contribution in [3.05, 3.63) is 47.8 Å². The summed E-state index contributed by atoms with van der Waals surface area (Å²) in [4.78, 5) is 6.74. The second-order valence-electron chi connectivity index (χ2n) is 8.92. The molecule has 0 aromatic carbocycles. The van der Waals surface area contributed by atoms with Gasteiger partial charge in [-0.15, -0.1) is 0 Å². The molecule has 6 heteroatoms. The molecule has 162 valence electrons. The van der Waals surface area contributed by atoms with E-state index in [1.165, 1.54) is 38.8 Å². The lowest BCUT2D eigenvalue weighted by Crippen LogP contribution is -2.31. The molecule has 1 atom stereocenters. The van der Waals surface area contributed by atoms with Crippen LogP contribution in [0, 0.1) is 17.8 Å². The smallest absolute Gasteiger partial charge is 0.166 e. The van der Waals surface area contributed by atoms with Gasteiger partial charge in [-0.1, -0.05) is 17.7 Å². The number of hydrogen-bond acceptors (Lipinski definition) is 6. The van der Waals surface area contributed by atoms with Gasteiger partial charge in [0.1, 0.15) is 0 Å². The number of nitrogens with one attached hydrogen (secondary N) is 1. The van der Waals surface area contributed by atoms with Crippen molar-refractivity contribution >= 4 is 11.5 Å². The first-order valence-corrected chi connectivity index (χ1v) is 11.2. The number of nitrogens with two attached hydrogens (primary N) is 2. The molecule has 1 aromatic rings. The summed E-state index contributed by atoms with van der Waals surface area (Å²) in [6, 6.07) is 1.92. The lowest BCUT2D eigenvalue weighted by Gasteiger charge is -2.30. The molecule has 5 N–H and O–H groups in total. The number of nitrogen functional groups attached to an aromatic ring is 1. The summed E-state index contributed by atoms with van der Waals surface area (Å²) in [7, 11) is 2.21. The number of nitrogens with zero attached hydrogens (tertiary/aromatic N) is 2. The Kier molecular flexibility index (Phi) is 6.62. The number of rotatable bonds is 7. The Morgan fingerprint density at radius 2 is 1.97 bits per heavy atom. The molecule has 0 spiro atoms. The molecule has 1 aromatic heterocycles. The molecule has 2 fully saturated rings. The van der Waals surface area contributed by atoms with Crippen LogP contribution in [0.15, 0.2) is 42.3 Å². The Morgan fingerprint density at radius 3 is 2.67 bits per heavy atom. The maximum Gasteiger partial charge on any atom is 0.166 e. The van der Waals surface area contributed by atoms with Crippen molar-refractivity contribution in [1.29, 1.82) is 0 Å². The predicted octanol–water partition coefficient (Wildman–Crippen LogP) is 3.14. The van der Waals surface area contributed by atoms with E-state index in [0.717, 1.165) is 24.4 Å². The van der Waals surface area contributed by atoms with Crippen LogP contribution in [-0.4, -0.2) is 43.2 Å². The highest BCUT2D eigenvalue weighted by atomic mass is 16.5. The number of ether oxygens (including phenoxy) is 1. The highest BCUT2D eigenvalue weighted by molar-refractivity contribution is 5.67. The monoisotopic (exact) mass is 409 g/mol. The van der Waals surface area contributed by atoms with Gasteiger partial charge in [0.25, 0.3) is 0 Å². The number of piperidine rings is 1. The maximum atomic E-state index is 6.43. The summed E-state index contributed by atoms with van der Waals surface area (Å²) >= 11 is 0. The van der Waals surface area contributed by atoms with Gasteiger partial charge in [-0.25, -0.2) is 4.98 Å². The van der Waals surface area contributed by atoms with Crippen molar-refractivity contribution < 1.29 is 4.74 Å². The third-order valence-electron chi connectivity index (χ3n) is 6.51. The minimum absolute atomic E-state index is 0.390. The topological polar surface area (TPSA) is 89.4 Å². The van der Waals surface area contributed by atoms with Crippen LogP contribution in [0.25, 0.3) is 5.70 Å². The summed E-state index contributed by atoms with van der Waals surface area (Å²) in [6.07, 6.45) is 16.4. The predicted molar refractivity (Wildman–Crippen MR) is 123 cm³/mol. The zero-order valence-electron chi connectivity index (χ0n) is 18.0. The van der Waals surface area contributed by atoms with Gasteiger partial charge in [-0.2, -0.15) is 0 Å². The Hall–Kier alpha value is -2.47. The zero-order chi connectivity index (χ0) is 20.9. The molecular weight excluding hydrogens is 374 g/mol. The SMILES string of the molecule is CN1CCC(/C(=C/C=C(\N)c2cnc(N)c(OCC3C=CNCC3)c2)C2CC2)CC1. The van der Waals surface area contributed by atoms with Crippen molar-refractivity contribution in [1.82, 2.24) is 15.2 Å². The van der Waals surface area contributed by atoms with Gasteiger partial charge in [-0.3, -0.25) is 0 Å². The van der Waals surface area contributed by atoms with Crippen molar-refractivity contribution in [3.8, 4) is 5.75 Å². The van der Waals surface area contributed by atoms with E-state index in [1.54, 1.807) is 11.8 Å². The Bertz CT molecular complexity index is 819. The number of pyridine rings is 1. The quantitative estimate of drug-likeness (QED) is 0.600. The van der Waals surface area contributed by atoms with Gasteiger partial charge in [0.15, 0.2) is 11.6 Å². The van der Waals surface area contributed by atoms with E-state index in [1.807, 2.05) is 12.3 Å². The molecule has 6 nitrogen and oxygen atoms in total. The van der Waals surface area contributed by atoms with Crippen LogP contribution < -0.4 is 21.5 Å². The lowest BCUT2D eigenvalue weighted by atomic mass is 9.86. The number of aromatic nitrogens is 1. The highest BCUT2D eigenvalue weighted by Gasteiger charge is 2.31. The highest BCUT2D eigenvalue weighted by Crippen LogP contribution is 2.43. The van der Waals surface area contributed by atoms with Crippen LogP contribution >= 0.6 is 0 Å². The number of allylic oxidation sites excluding steroid dienone is 3. The van der Waals surface area contributed by atoms with Gasteiger partial charge >= 0.3 is 0 Å². The molecular formula is C24H35N5O. The third kappa shape index (κ3) is 5.36. The molecule has 4 rings (SSSR count). The van der Waals surface area contributed by atoms with E-state index >= 15 is 0 Å². The summed E-state index contributed by atoms with van der Waals surface area (Å²) in [5.74, 6) is 2.85. The van der Waals surface area contributed by atoms with Crippen LogP contribution in [0.4, 0.5) is 5.82 Å². The minimum Gasteiger partial charge on any atom is -0.489 e. The van der Waals surface area contributed by atoms with E-state index < -0.39 is 0 Å². The summed E-state index contributed by atoms with van der Waals surface area (Å²) < 4.78 is 5.98. The molecule has 0 bridgehead atoms. The first-order chi connectivity index (χ1) is 14.6. The minimum atomic E-state index is 0.390. The molecule has 1 aliphatic carbocycles. The normalized spacial score (nSPS) is 24.0. The average Bonchev–Trinajstić information content (AvgIpc) is 3.60. The average molecular weight is 410 g/mol. The number of likely N-dealkylation sites (tertiary alicyclic amines) is 1. The Morgan fingerprint density at radius 1 is 1.20 bits per heavy atom.